The number of nitro benzene ring substituents is 1. The average Bonchev–Trinajstić information content (AvgIpc) is 2.43. The smallest absolute Gasteiger partial charge is 0.335 e. The Labute approximate surface area is 116 Å². The van der Waals surface area contributed by atoms with E-state index in [1.54, 1.807) is 0 Å². The summed E-state index contributed by atoms with van der Waals surface area (Å²) < 4.78 is 27.3. The van der Waals surface area contributed by atoms with E-state index < -0.39 is 33.9 Å². The van der Waals surface area contributed by atoms with Crippen LogP contribution in [0.1, 0.15) is 10.4 Å². The zero-order valence-electron chi connectivity index (χ0n) is 10.3. The summed E-state index contributed by atoms with van der Waals surface area (Å²) in [5.74, 6) is -3.37. The van der Waals surface area contributed by atoms with Crippen molar-refractivity contribution in [2.24, 2.45) is 0 Å². The van der Waals surface area contributed by atoms with Crippen LogP contribution in [0.2, 0.25) is 0 Å². The number of carboxylic acid groups (broad SMARTS) is 1. The lowest BCUT2D eigenvalue weighted by molar-refractivity contribution is -0.385. The summed E-state index contributed by atoms with van der Waals surface area (Å²) in [6.07, 6.45) is 0. The monoisotopic (exact) mass is 294 g/mol. The average molecular weight is 294 g/mol. The summed E-state index contributed by atoms with van der Waals surface area (Å²) in [7, 11) is 0. The van der Waals surface area contributed by atoms with Crippen molar-refractivity contribution < 1.29 is 23.6 Å². The van der Waals surface area contributed by atoms with E-state index in [0.717, 1.165) is 0 Å². The molecule has 2 N–H and O–H groups in total. The minimum atomic E-state index is -1.13. The number of nitrogens with one attached hydrogen (secondary N) is 1. The summed E-state index contributed by atoms with van der Waals surface area (Å²) in [4.78, 5) is 20.2. The minimum Gasteiger partial charge on any atom is -0.478 e. The molecule has 0 heterocycles. The van der Waals surface area contributed by atoms with Crippen LogP contribution in [0.4, 0.5) is 25.8 Å². The van der Waals surface area contributed by atoms with Gasteiger partial charge >= 0.3 is 5.97 Å². The number of halogens is 2. The van der Waals surface area contributed by atoms with Gasteiger partial charge in [-0.25, -0.2) is 13.6 Å². The fourth-order valence-corrected chi connectivity index (χ4v) is 1.63. The van der Waals surface area contributed by atoms with Gasteiger partial charge in [0, 0.05) is 5.69 Å². The molecule has 0 saturated heterocycles. The lowest BCUT2D eigenvalue weighted by atomic mass is 10.2. The number of nitrogens with zero attached hydrogens (tertiary/aromatic N) is 1. The van der Waals surface area contributed by atoms with Crippen LogP contribution in [0.15, 0.2) is 36.4 Å². The highest BCUT2D eigenvalue weighted by Gasteiger charge is 2.17. The van der Waals surface area contributed by atoms with Gasteiger partial charge in [0.25, 0.3) is 5.69 Å². The van der Waals surface area contributed by atoms with Gasteiger partial charge in [0.1, 0.15) is 5.69 Å². The van der Waals surface area contributed by atoms with Gasteiger partial charge in [-0.05, 0) is 24.3 Å². The molecule has 0 radical (unpaired) electrons. The second-order valence-corrected chi connectivity index (χ2v) is 4.05. The quantitative estimate of drug-likeness (QED) is 0.666. The van der Waals surface area contributed by atoms with Gasteiger partial charge in [0.05, 0.1) is 22.6 Å². The zero-order valence-corrected chi connectivity index (χ0v) is 10.3. The molecule has 2 rings (SSSR count). The van der Waals surface area contributed by atoms with Crippen molar-refractivity contribution in [3.63, 3.8) is 0 Å². The zero-order chi connectivity index (χ0) is 15.6. The maximum atomic E-state index is 13.7. The molecule has 2 aromatic carbocycles. The number of rotatable bonds is 4. The maximum Gasteiger partial charge on any atom is 0.335 e. The summed E-state index contributed by atoms with van der Waals surface area (Å²) in [5, 5.41) is 21.6. The van der Waals surface area contributed by atoms with Gasteiger partial charge in [0.15, 0.2) is 11.6 Å². The first-order valence-electron chi connectivity index (χ1n) is 5.62. The Morgan fingerprint density at radius 2 is 1.67 bits per heavy atom. The van der Waals surface area contributed by atoms with E-state index in [4.69, 9.17) is 5.11 Å². The molecule has 0 bridgehead atoms. The van der Waals surface area contributed by atoms with E-state index in [1.165, 1.54) is 24.3 Å². The van der Waals surface area contributed by atoms with Gasteiger partial charge in [0.2, 0.25) is 0 Å². The van der Waals surface area contributed by atoms with Crippen molar-refractivity contribution in [3.05, 3.63) is 63.7 Å². The van der Waals surface area contributed by atoms with Crippen LogP contribution in [-0.4, -0.2) is 16.0 Å². The van der Waals surface area contributed by atoms with Gasteiger partial charge in [-0.1, -0.05) is 0 Å². The van der Waals surface area contributed by atoms with Crippen LogP contribution in [0.5, 0.6) is 0 Å². The van der Waals surface area contributed by atoms with Crippen molar-refractivity contribution >= 4 is 23.0 Å². The molecule has 0 saturated carbocycles. The largest absolute Gasteiger partial charge is 0.478 e. The maximum absolute atomic E-state index is 13.7. The molecule has 108 valence electrons. The molecule has 6 nitrogen and oxygen atoms in total. The van der Waals surface area contributed by atoms with Gasteiger partial charge in [-0.15, -0.1) is 0 Å². The van der Waals surface area contributed by atoms with E-state index in [-0.39, 0.29) is 11.3 Å². The van der Waals surface area contributed by atoms with E-state index >= 15 is 0 Å². The van der Waals surface area contributed by atoms with Crippen molar-refractivity contribution in [2.45, 2.75) is 0 Å². The molecule has 0 amide bonds. The molecule has 0 aliphatic rings. The number of benzene rings is 2. The third-order valence-corrected chi connectivity index (χ3v) is 2.64. The van der Waals surface area contributed by atoms with E-state index in [1.807, 2.05) is 0 Å². The number of carboxylic acids is 1. The van der Waals surface area contributed by atoms with Gasteiger partial charge < -0.3 is 10.4 Å². The van der Waals surface area contributed by atoms with Crippen molar-refractivity contribution in [1.29, 1.82) is 0 Å². The normalized spacial score (nSPS) is 10.2. The Kier molecular flexibility index (Phi) is 3.79. The molecule has 0 fully saturated rings. The molecule has 8 heteroatoms. The number of anilines is 2. The van der Waals surface area contributed by atoms with Crippen LogP contribution < -0.4 is 5.32 Å². The first-order valence-corrected chi connectivity index (χ1v) is 5.62. The number of aromatic carboxylic acids is 1. The number of carbonyl (C=O) groups is 1. The first-order chi connectivity index (χ1) is 9.88. The highest BCUT2D eigenvalue weighted by molar-refractivity contribution is 5.88. The molecule has 0 aliphatic carbocycles. The van der Waals surface area contributed by atoms with Crippen LogP contribution in [0.3, 0.4) is 0 Å². The Hall–Kier alpha value is -3.03. The Balaban J connectivity index is 2.31. The molecule has 0 spiro atoms. The summed E-state index contributed by atoms with van der Waals surface area (Å²) in [6, 6.07) is 6.35. The summed E-state index contributed by atoms with van der Waals surface area (Å²) in [5.41, 5.74) is -0.989. The van der Waals surface area contributed by atoms with Crippen LogP contribution in [0, 0.1) is 21.7 Å². The van der Waals surface area contributed by atoms with Crippen molar-refractivity contribution in [3.8, 4) is 0 Å². The molecule has 2 aromatic rings. The van der Waals surface area contributed by atoms with E-state index in [0.29, 0.717) is 12.1 Å². The first kappa shape index (κ1) is 14.4. The van der Waals surface area contributed by atoms with E-state index in [2.05, 4.69) is 5.32 Å². The van der Waals surface area contributed by atoms with Gasteiger partial charge in [-0.2, -0.15) is 0 Å². The SMILES string of the molecule is O=C(O)c1ccc(Nc2c(F)cc([N+](=O)[O-])cc2F)cc1. The second kappa shape index (κ2) is 5.53. The third-order valence-electron chi connectivity index (χ3n) is 2.64. The lowest BCUT2D eigenvalue weighted by Gasteiger charge is -2.09. The lowest BCUT2D eigenvalue weighted by Crippen LogP contribution is -2.01. The highest BCUT2D eigenvalue weighted by atomic mass is 19.1. The standard InChI is InChI=1S/C13H8F2N2O4/c14-10-5-9(17(20)21)6-11(15)12(10)16-8-3-1-7(2-4-8)13(18)19/h1-6,16H,(H,18,19). The predicted octanol–water partition coefficient (Wildman–Crippen LogP) is 3.31. The fourth-order valence-electron chi connectivity index (χ4n) is 1.63. The van der Waals surface area contributed by atoms with E-state index in [9.17, 15) is 23.7 Å². The second-order valence-electron chi connectivity index (χ2n) is 4.05. The highest BCUT2D eigenvalue weighted by Crippen LogP contribution is 2.27. The van der Waals surface area contributed by atoms with Crippen LogP contribution in [0.25, 0.3) is 0 Å². The molecule has 0 aromatic heterocycles. The van der Waals surface area contributed by atoms with Crippen molar-refractivity contribution in [1.82, 2.24) is 0 Å². The third kappa shape index (κ3) is 3.11. The number of hydrogen-bond donors (Lipinski definition) is 2. The van der Waals surface area contributed by atoms with Crippen molar-refractivity contribution in [2.75, 3.05) is 5.32 Å². The molecular weight excluding hydrogens is 286 g/mol. The number of nitro groups is 1. The predicted molar refractivity (Wildman–Crippen MR) is 69.7 cm³/mol. The summed E-state index contributed by atoms with van der Waals surface area (Å²) in [6.45, 7) is 0. The Morgan fingerprint density at radius 3 is 2.10 bits per heavy atom. The molecular formula is C13H8F2N2O4. The topological polar surface area (TPSA) is 92.5 Å². The van der Waals surface area contributed by atoms with Crippen LogP contribution >= 0.6 is 0 Å². The molecule has 0 atom stereocenters. The Morgan fingerprint density at radius 1 is 1.14 bits per heavy atom. The Bertz CT molecular complexity index is 694. The van der Waals surface area contributed by atoms with Gasteiger partial charge in [-0.3, -0.25) is 10.1 Å². The minimum absolute atomic E-state index is 0.0187. The number of non-ortho nitro benzene ring substituents is 1. The molecule has 0 aliphatic heterocycles. The fraction of sp³-hybridized carbons (Fsp3) is 0. The van der Waals surface area contributed by atoms with Crippen LogP contribution in [-0.2, 0) is 0 Å². The summed E-state index contributed by atoms with van der Waals surface area (Å²) >= 11 is 0. The molecule has 21 heavy (non-hydrogen) atoms. The molecule has 0 unspecified atom stereocenters. The number of hydrogen-bond acceptors (Lipinski definition) is 4.